The molecule has 0 atom stereocenters. The van der Waals surface area contributed by atoms with Crippen molar-refractivity contribution in [2.24, 2.45) is 0 Å². The lowest BCUT2D eigenvalue weighted by molar-refractivity contribution is -0.389. The molecule has 0 aliphatic heterocycles. The maximum atomic E-state index is 11.2. The number of nitro groups is 1. The standard InChI is InChI=1S/C11H9N3O4/c1-18-11(15)8-2-4-9(5-3-8)13-6-10(12-7-13)14(16)17/h2-7H,1H3. The van der Waals surface area contributed by atoms with Gasteiger partial charge in [0.05, 0.1) is 12.7 Å². The quantitative estimate of drug-likeness (QED) is 0.466. The minimum atomic E-state index is -0.570. The summed E-state index contributed by atoms with van der Waals surface area (Å²) in [5.41, 5.74) is 1.08. The highest BCUT2D eigenvalue weighted by atomic mass is 16.6. The van der Waals surface area contributed by atoms with Crippen LogP contribution in [-0.2, 0) is 4.74 Å². The number of ether oxygens (including phenoxy) is 1. The zero-order valence-corrected chi connectivity index (χ0v) is 9.44. The molecule has 92 valence electrons. The van der Waals surface area contributed by atoms with Gasteiger partial charge >= 0.3 is 11.8 Å². The van der Waals surface area contributed by atoms with Gasteiger partial charge in [-0.2, -0.15) is 0 Å². The minimum Gasteiger partial charge on any atom is -0.465 e. The number of methoxy groups -OCH3 is 1. The van der Waals surface area contributed by atoms with Crippen molar-refractivity contribution in [2.75, 3.05) is 7.11 Å². The number of aromatic nitrogens is 2. The molecular formula is C11H9N3O4. The number of carbonyl (C=O) groups is 1. The predicted molar refractivity (Wildman–Crippen MR) is 61.6 cm³/mol. The van der Waals surface area contributed by atoms with Crippen LogP contribution in [0.15, 0.2) is 36.8 Å². The van der Waals surface area contributed by atoms with Crippen molar-refractivity contribution in [2.45, 2.75) is 0 Å². The summed E-state index contributed by atoms with van der Waals surface area (Å²) in [6, 6.07) is 6.45. The lowest BCUT2D eigenvalue weighted by atomic mass is 10.2. The summed E-state index contributed by atoms with van der Waals surface area (Å²) in [5.74, 6) is -0.662. The van der Waals surface area contributed by atoms with E-state index in [0.717, 1.165) is 0 Å². The van der Waals surface area contributed by atoms with Crippen LogP contribution in [0.1, 0.15) is 10.4 Å². The van der Waals surface area contributed by atoms with Crippen molar-refractivity contribution in [3.63, 3.8) is 0 Å². The lowest BCUT2D eigenvalue weighted by Crippen LogP contribution is -2.01. The van der Waals surface area contributed by atoms with Crippen LogP contribution in [0.25, 0.3) is 5.69 Å². The average molecular weight is 247 g/mol. The van der Waals surface area contributed by atoms with E-state index in [9.17, 15) is 14.9 Å². The molecule has 0 saturated carbocycles. The van der Waals surface area contributed by atoms with E-state index in [1.165, 1.54) is 24.2 Å². The highest BCUT2D eigenvalue weighted by molar-refractivity contribution is 5.89. The van der Waals surface area contributed by atoms with Gasteiger partial charge in [0.25, 0.3) is 0 Å². The van der Waals surface area contributed by atoms with E-state index in [2.05, 4.69) is 9.72 Å². The molecule has 2 aromatic rings. The first-order valence-corrected chi connectivity index (χ1v) is 4.99. The molecule has 2 rings (SSSR count). The second-order valence-corrected chi connectivity index (χ2v) is 3.43. The monoisotopic (exact) mass is 247 g/mol. The normalized spacial score (nSPS) is 10.1. The Labute approximate surface area is 102 Å². The fraction of sp³-hybridized carbons (Fsp3) is 0.0909. The fourth-order valence-electron chi connectivity index (χ4n) is 1.44. The largest absolute Gasteiger partial charge is 0.465 e. The number of rotatable bonds is 3. The van der Waals surface area contributed by atoms with Crippen molar-refractivity contribution in [3.8, 4) is 5.69 Å². The highest BCUT2D eigenvalue weighted by Gasteiger charge is 2.11. The van der Waals surface area contributed by atoms with Gasteiger partial charge in [0.15, 0.2) is 0 Å². The third-order valence-electron chi connectivity index (χ3n) is 2.34. The zero-order chi connectivity index (χ0) is 13.1. The second kappa shape index (κ2) is 4.66. The summed E-state index contributed by atoms with van der Waals surface area (Å²) in [4.78, 5) is 24.8. The summed E-state index contributed by atoms with van der Waals surface area (Å²) in [6.07, 6.45) is 2.64. The maximum absolute atomic E-state index is 11.2. The molecule has 0 spiro atoms. The highest BCUT2D eigenvalue weighted by Crippen LogP contribution is 2.14. The van der Waals surface area contributed by atoms with Crippen molar-refractivity contribution < 1.29 is 14.5 Å². The third-order valence-corrected chi connectivity index (χ3v) is 2.34. The Kier molecular flexibility index (Phi) is 3.05. The maximum Gasteiger partial charge on any atom is 0.381 e. The molecule has 7 nitrogen and oxygen atoms in total. The SMILES string of the molecule is COC(=O)c1ccc(-n2cnc([N+](=O)[O-])c2)cc1. The van der Waals surface area contributed by atoms with Crippen LogP contribution in [0.2, 0.25) is 0 Å². The van der Waals surface area contributed by atoms with E-state index < -0.39 is 10.9 Å². The average Bonchev–Trinajstić information content (AvgIpc) is 2.88. The summed E-state index contributed by atoms with van der Waals surface area (Å²) < 4.78 is 6.07. The summed E-state index contributed by atoms with van der Waals surface area (Å²) in [5, 5.41) is 10.5. The molecule has 0 aliphatic rings. The molecule has 0 N–H and O–H groups in total. The van der Waals surface area contributed by atoms with Gasteiger partial charge in [0, 0.05) is 5.69 Å². The molecular weight excluding hydrogens is 238 g/mol. The van der Waals surface area contributed by atoms with Gasteiger partial charge in [-0.3, -0.25) is 4.57 Å². The molecule has 1 aromatic carbocycles. The minimum absolute atomic E-state index is 0.230. The number of benzene rings is 1. The van der Waals surface area contributed by atoms with Crippen molar-refractivity contribution in [1.29, 1.82) is 0 Å². The molecule has 0 fully saturated rings. The fourth-order valence-corrected chi connectivity index (χ4v) is 1.44. The smallest absolute Gasteiger partial charge is 0.381 e. The molecule has 0 radical (unpaired) electrons. The number of nitrogens with zero attached hydrogens (tertiary/aromatic N) is 3. The topological polar surface area (TPSA) is 87.3 Å². The van der Waals surface area contributed by atoms with Gasteiger partial charge in [-0.1, -0.05) is 0 Å². The van der Waals surface area contributed by atoms with Gasteiger partial charge in [0.1, 0.15) is 6.20 Å². The number of imidazole rings is 1. The Balaban J connectivity index is 2.28. The Morgan fingerprint density at radius 3 is 2.56 bits per heavy atom. The van der Waals surface area contributed by atoms with E-state index in [0.29, 0.717) is 11.3 Å². The number of hydrogen-bond donors (Lipinski definition) is 0. The van der Waals surface area contributed by atoms with Crippen molar-refractivity contribution >= 4 is 11.8 Å². The van der Waals surface area contributed by atoms with Gasteiger partial charge in [0.2, 0.25) is 6.33 Å². The van der Waals surface area contributed by atoms with Crippen LogP contribution in [-0.4, -0.2) is 27.6 Å². The van der Waals surface area contributed by atoms with Crippen LogP contribution in [0.4, 0.5) is 5.82 Å². The van der Waals surface area contributed by atoms with Crippen LogP contribution in [0.5, 0.6) is 0 Å². The summed E-state index contributed by atoms with van der Waals surface area (Å²) in [6.45, 7) is 0. The number of carbonyl (C=O) groups excluding carboxylic acids is 1. The Bertz CT molecular complexity index is 589. The van der Waals surface area contributed by atoms with Crippen LogP contribution >= 0.6 is 0 Å². The van der Waals surface area contributed by atoms with E-state index in [1.54, 1.807) is 24.3 Å². The molecule has 0 bridgehead atoms. The van der Waals surface area contributed by atoms with Crippen LogP contribution in [0, 0.1) is 10.1 Å². The molecule has 0 aliphatic carbocycles. The number of esters is 1. The molecule has 1 aromatic heterocycles. The molecule has 0 unspecified atom stereocenters. The zero-order valence-electron chi connectivity index (χ0n) is 9.44. The molecule has 0 saturated heterocycles. The van der Waals surface area contributed by atoms with E-state index in [4.69, 9.17) is 0 Å². The van der Waals surface area contributed by atoms with Gasteiger partial charge < -0.3 is 14.9 Å². The lowest BCUT2D eigenvalue weighted by Gasteiger charge is -2.02. The first-order chi connectivity index (χ1) is 8.61. The van der Waals surface area contributed by atoms with E-state index in [1.807, 2.05) is 0 Å². The Morgan fingerprint density at radius 1 is 1.39 bits per heavy atom. The Morgan fingerprint density at radius 2 is 2.06 bits per heavy atom. The molecule has 18 heavy (non-hydrogen) atoms. The van der Waals surface area contributed by atoms with Crippen molar-refractivity contribution in [3.05, 3.63) is 52.5 Å². The summed E-state index contributed by atoms with van der Waals surface area (Å²) >= 11 is 0. The predicted octanol–water partition coefficient (Wildman–Crippen LogP) is 1.57. The molecule has 7 heteroatoms. The molecule has 1 heterocycles. The first kappa shape index (κ1) is 11.8. The Hall–Kier alpha value is -2.70. The van der Waals surface area contributed by atoms with E-state index in [-0.39, 0.29) is 5.82 Å². The number of hydrogen-bond acceptors (Lipinski definition) is 5. The third kappa shape index (κ3) is 2.19. The first-order valence-electron chi connectivity index (χ1n) is 4.99. The second-order valence-electron chi connectivity index (χ2n) is 3.43. The van der Waals surface area contributed by atoms with Crippen LogP contribution in [0.3, 0.4) is 0 Å². The summed E-state index contributed by atoms with van der Waals surface area (Å²) in [7, 11) is 1.30. The van der Waals surface area contributed by atoms with Gasteiger partial charge in [-0.05, 0) is 34.2 Å². The van der Waals surface area contributed by atoms with E-state index >= 15 is 0 Å². The van der Waals surface area contributed by atoms with Crippen LogP contribution < -0.4 is 0 Å². The van der Waals surface area contributed by atoms with Gasteiger partial charge in [-0.15, -0.1) is 0 Å². The molecule has 0 amide bonds. The van der Waals surface area contributed by atoms with Gasteiger partial charge in [-0.25, -0.2) is 4.79 Å². The van der Waals surface area contributed by atoms with Crippen molar-refractivity contribution in [1.82, 2.24) is 9.55 Å².